The molecule has 0 radical (unpaired) electrons. The molecule has 0 saturated carbocycles. The number of ether oxygens (including phenoxy) is 1. The number of aliphatic hydroxyl groups is 1. The van der Waals surface area contributed by atoms with Crippen LogP contribution in [0.4, 0.5) is 0 Å². The van der Waals surface area contributed by atoms with E-state index >= 15 is 0 Å². The summed E-state index contributed by atoms with van der Waals surface area (Å²) in [4.78, 5) is 30.3. The van der Waals surface area contributed by atoms with E-state index in [4.69, 9.17) is 4.74 Å². The lowest BCUT2D eigenvalue weighted by Gasteiger charge is -2.27. The van der Waals surface area contributed by atoms with Gasteiger partial charge in [0.15, 0.2) is 5.76 Å². The average molecular weight is 429 g/mol. The van der Waals surface area contributed by atoms with Crippen molar-refractivity contribution in [2.24, 2.45) is 0 Å². The van der Waals surface area contributed by atoms with Gasteiger partial charge in [0.1, 0.15) is 5.75 Å². The highest BCUT2D eigenvalue weighted by molar-refractivity contribution is 7.12. The number of benzene rings is 1. The van der Waals surface area contributed by atoms with Crippen LogP contribution < -0.4 is 4.74 Å². The van der Waals surface area contributed by atoms with E-state index in [1.54, 1.807) is 17.0 Å². The molecule has 1 atom stereocenters. The monoisotopic (exact) mass is 428 g/mol. The van der Waals surface area contributed by atoms with E-state index in [0.717, 1.165) is 24.9 Å². The molecule has 30 heavy (non-hydrogen) atoms. The number of hydrogen-bond donors (Lipinski definition) is 1. The molecule has 7 heteroatoms. The molecule has 0 saturated heterocycles. The summed E-state index contributed by atoms with van der Waals surface area (Å²) in [6.45, 7) is 3.85. The molecule has 3 rings (SSSR count). The molecule has 1 amide bonds. The van der Waals surface area contributed by atoms with Gasteiger partial charge in [0, 0.05) is 6.54 Å². The molecule has 160 valence electrons. The smallest absolute Gasteiger partial charge is 0.290 e. The Kier molecular flexibility index (Phi) is 7.29. The van der Waals surface area contributed by atoms with Crippen molar-refractivity contribution in [3.63, 3.8) is 0 Å². The summed E-state index contributed by atoms with van der Waals surface area (Å²) in [5.41, 5.74) is 0.894. The molecule has 1 aliphatic rings. The first-order valence-electron chi connectivity index (χ1n) is 10.1. The number of hydrogen-bond acceptors (Lipinski definition) is 6. The van der Waals surface area contributed by atoms with Gasteiger partial charge in [0.25, 0.3) is 5.91 Å². The molecule has 2 heterocycles. The molecule has 0 spiro atoms. The molecule has 6 nitrogen and oxygen atoms in total. The highest BCUT2D eigenvalue weighted by Gasteiger charge is 2.43. The SMILES string of the molecule is CCCOc1cccc([C@@H]2C(C(=O)c3cccs3)=C(O)C(=O)N2CCCN(C)C)c1. The molecule has 0 fully saturated rings. The minimum Gasteiger partial charge on any atom is -0.503 e. The number of nitrogens with zero attached hydrogens (tertiary/aromatic N) is 2. The van der Waals surface area contributed by atoms with Crippen LogP contribution in [0.2, 0.25) is 0 Å². The second-order valence-electron chi connectivity index (χ2n) is 7.55. The highest BCUT2D eigenvalue weighted by Crippen LogP contribution is 2.40. The van der Waals surface area contributed by atoms with E-state index in [1.165, 1.54) is 11.3 Å². The van der Waals surface area contributed by atoms with Gasteiger partial charge in [0.05, 0.1) is 23.1 Å². The van der Waals surface area contributed by atoms with Crippen LogP contribution >= 0.6 is 11.3 Å². The normalized spacial score (nSPS) is 16.6. The molecule has 1 aromatic heterocycles. The van der Waals surface area contributed by atoms with E-state index in [0.29, 0.717) is 23.8 Å². The van der Waals surface area contributed by atoms with Crippen LogP contribution in [0.15, 0.2) is 53.1 Å². The maximum atomic E-state index is 13.2. The summed E-state index contributed by atoms with van der Waals surface area (Å²) >= 11 is 1.30. The van der Waals surface area contributed by atoms with E-state index in [-0.39, 0.29) is 11.4 Å². The number of thiophene rings is 1. The summed E-state index contributed by atoms with van der Waals surface area (Å²) in [7, 11) is 3.94. The van der Waals surface area contributed by atoms with E-state index in [1.807, 2.05) is 55.6 Å². The average Bonchev–Trinajstić information content (AvgIpc) is 3.35. The van der Waals surface area contributed by atoms with Crippen molar-refractivity contribution < 1.29 is 19.4 Å². The number of carbonyl (C=O) groups excluding carboxylic acids is 2. The van der Waals surface area contributed by atoms with Crippen molar-refractivity contribution in [1.82, 2.24) is 9.80 Å². The third-order valence-corrected chi connectivity index (χ3v) is 5.81. The minimum atomic E-state index is -0.639. The van der Waals surface area contributed by atoms with Gasteiger partial charge in [-0.05, 0) is 62.6 Å². The minimum absolute atomic E-state index is 0.139. The molecule has 0 aliphatic carbocycles. The van der Waals surface area contributed by atoms with Gasteiger partial charge in [-0.1, -0.05) is 25.1 Å². The first-order chi connectivity index (χ1) is 14.4. The van der Waals surface area contributed by atoms with Crippen LogP contribution in [0, 0.1) is 0 Å². The number of amides is 1. The summed E-state index contributed by atoms with van der Waals surface area (Å²) < 4.78 is 5.75. The first-order valence-corrected chi connectivity index (χ1v) is 11.0. The third kappa shape index (κ3) is 4.74. The van der Waals surface area contributed by atoms with Crippen molar-refractivity contribution in [1.29, 1.82) is 0 Å². The zero-order chi connectivity index (χ0) is 21.7. The van der Waals surface area contributed by atoms with Gasteiger partial charge in [-0.15, -0.1) is 11.3 Å². The summed E-state index contributed by atoms with van der Waals surface area (Å²) in [5.74, 6) is -0.582. The topological polar surface area (TPSA) is 70.1 Å². The third-order valence-electron chi connectivity index (χ3n) is 4.94. The van der Waals surface area contributed by atoms with Gasteiger partial charge in [-0.25, -0.2) is 0 Å². The molecular weight excluding hydrogens is 400 g/mol. The largest absolute Gasteiger partial charge is 0.503 e. The Morgan fingerprint density at radius 3 is 2.73 bits per heavy atom. The summed E-state index contributed by atoms with van der Waals surface area (Å²) in [6.07, 6.45) is 1.61. The number of Topliss-reactive ketones (excluding diaryl/α,β-unsaturated/α-hetero) is 1. The lowest BCUT2D eigenvalue weighted by Crippen LogP contribution is -2.33. The molecule has 2 aromatic rings. The van der Waals surface area contributed by atoms with Crippen molar-refractivity contribution in [2.45, 2.75) is 25.8 Å². The second kappa shape index (κ2) is 9.91. The summed E-state index contributed by atoms with van der Waals surface area (Å²) in [6, 6.07) is 10.3. The van der Waals surface area contributed by atoms with Gasteiger partial charge in [0.2, 0.25) is 5.78 Å². The van der Waals surface area contributed by atoms with Crippen molar-refractivity contribution in [3.05, 3.63) is 63.6 Å². The molecule has 0 bridgehead atoms. The predicted octanol–water partition coefficient (Wildman–Crippen LogP) is 4.07. The number of ketones is 1. The number of carbonyl (C=O) groups is 2. The van der Waals surface area contributed by atoms with Crippen molar-refractivity contribution in [3.8, 4) is 5.75 Å². The molecular formula is C23H28N2O4S. The Morgan fingerprint density at radius 2 is 2.07 bits per heavy atom. The zero-order valence-corrected chi connectivity index (χ0v) is 18.4. The second-order valence-corrected chi connectivity index (χ2v) is 8.50. The molecule has 1 N–H and O–H groups in total. The maximum absolute atomic E-state index is 13.2. The van der Waals surface area contributed by atoms with Gasteiger partial charge in [-0.3, -0.25) is 9.59 Å². The summed E-state index contributed by atoms with van der Waals surface area (Å²) in [5, 5.41) is 12.5. The molecule has 1 aliphatic heterocycles. The van der Waals surface area contributed by atoms with Gasteiger partial charge >= 0.3 is 0 Å². The van der Waals surface area contributed by atoms with Crippen LogP contribution in [0.3, 0.4) is 0 Å². The number of rotatable bonds is 10. The fraction of sp³-hybridized carbons (Fsp3) is 0.391. The predicted molar refractivity (Wildman–Crippen MR) is 118 cm³/mol. The van der Waals surface area contributed by atoms with Crippen LogP contribution in [-0.4, -0.2) is 60.4 Å². The fourth-order valence-electron chi connectivity index (χ4n) is 3.55. The lowest BCUT2D eigenvalue weighted by molar-refractivity contribution is -0.129. The lowest BCUT2D eigenvalue weighted by atomic mass is 9.95. The molecule has 0 unspecified atom stereocenters. The Morgan fingerprint density at radius 1 is 1.27 bits per heavy atom. The number of aliphatic hydroxyl groups excluding tert-OH is 1. The van der Waals surface area contributed by atoms with Crippen LogP contribution in [0.5, 0.6) is 5.75 Å². The van der Waals surface area contributed by atoms with Crippen LogP contribution in [-0.2, 0) is 4.79 Å². The Labute approximate surface area is 181 Å². The highest BCUT2D eigenvalue weighted by atomic mass is 32.1. The zero-order valence-electron chi connectivity index (χ0n) is 17.6. The Balaban J connectivity index is 1.99. The van der Waals surface area contributed by atoms with E-state index in [2.05, 4.69) is 0 Å². The maximum Gasteiger partial charge on any atom is 0.290 e. The van der Waals surface area contributed by atoms with E-state index < -0.39 is 17.7 Å². The van der Waals surface area contributed by atoms with Crippen LogP contribution in [0.25, 0.3) is 0 Å². The van der Waals surface area contributed by atoms with Crippen LogP contribution in [0.1, 0.15) is 41.0 Å². The van der Waals surface area contributed by atoms with Crippen molar-refractivity contribution in [2.75, 3.05) is 33.8 Å². The first kappa shape index (κ1) is 22.1. The van der Waals surface area contributed by atoms with Crippen molar-refractivity contribution >= 4 is 23.0 Å². The van der Waals surface area contributed by atoms with Gasteiger partial charge < -0.3 is 19.6 Å². The molecule has 1 aromatic carbocycles. The fourth-order valence-corrected chi connectivity index (χ4v) is 4.23. The Hall–Kier alpha value is -2.64. The quantitative estimate of drug-likeness (QED) is 0.578. The van der Waals surface area contributed by atoms with Gasteiger partial charge in [-0.2, -0.15) is 0 Å². The van der Waals surface area contributed by atoms with E-state index in [9.17, 15) is 14.7 Å². The Bertz CT molecular complexity index is 921. The standard InChI is InChI=1S/C23H28N2O4S/c1-4-13-29-17-9-5-8-16(15-17)20-19(21(26)18-10-6-14-30-18)22(27)23(28)25(20)12-7-11-24(2)3/h5-6,8-10,14-15,20,27H,4,7,11-13H2,1-3H3/t20-/m1/s1.